The summed E-state index contributed by atoms with van der Waals surface area (Å²) in [6, 6.07) is 11.5. The van der Waals surface area contributed by atoms with Crippen molar-refractivity contribution in [2.75, 3.05) is 17.3 Å². The highest BCUT2D eigenvalue weighted by molar-refractivity contribution is 7.99. The van der Waals surface area contributed by atoms with E-state index in [0.29, 0.717) is 11.6 Å². The number of rotatable bonds is 9. The van der Waals surface area contributed by atoms with E-state index in [-0.39, 0.29) is 5.91 Å². The second kappa shape index (κ2) is 9.64. The first-order valence-electron chi connectivity index (χ1n) is 8.53. The van der Waals surface area contributed by atoms with E-state index in [4.69, 9.17) is 4.42 Å². The van der Waals surface area contributed by atoms with E-state index in [1.807, 2.05) is 42.7 Å². The summed E-state index contributed by atoms with van der Waals surface area (Å²) in [6.45, 7) is 0. The number of anilines is 1. The number of nitrogens with zero attached hydrogens (tertiary/aromatic N) is 2. The van der Waals surface area contributed by atoms with Crippen LogP contribution in [-0.2, 0) is 4.79 Å². The molecule has 0 aliphatic rings. The first-order valence-corrected chi connectivity index (χ1v) is 10.7. The molecule has 3 rings (SSSR count). The van der Waals surface area contributed by atoms with Crippen molar-refractivity contribution in [3.05, 3.63) is 42.6 Å². The number of amides is 1. The minimum atomic E-state index is 0.0416. The van der Waals surface area contributed by atoms with Gasteiger partial charge in [-0.3, -0.25) is 4.79 Å². The second-order valence-corrected chi connectivity index (χ2v) is 7.56. The monoisotopic (exact) mass is 387 g/mol. The van der Waals surface area contributed by atoms with E-state index in [1.165, 1.54) is 11.8 Å². The molecule has 7 heteroatoms. The fourth-order valence-electron chi connectivity index (χ4n) is 2.50. The summed E-state index contributed by atoms with van der Waals surface area (Å²) in [6.07, 6.45) is 7.11. The fraction of sp³-hybridized carbons (Fsp3) is 0.316. The molecule has 0 atom stereocenters. The van der Waals surface area contributed by atoms with Crippen LogP contribution in [0.5, 0.6) is 0 Å². The number of unbranched alkanes of at least 4 members (excludes halogenated alkanes) is 2. The van der Waals surface area contributed by atoms with Crippen LogP contribution in [0.3, 0.4) is 0 Å². The van der Waals surface area contributed by atoms with Crippen molar-refractivity contribution in [2.24, 2.45) is 0 Å². The molecule has 1 N–H and O–H groups in total. The van der Waals surface area contributed by atoms with Crippen LogP contribution < -0.4 is 5.32 Å². The molecular weight excluding hydrogens is 366 g/mol. The highest BCUT2D eigenvalue weighted by Crippen LogP contribution is 2.24. The summed E-state index contributed by atoms with van der Waals surface area (Å²) in [7, 11) is 0. The molecule has 0 saturated heterocycles. The Labute approximate surface area is 161 Å². The Kier molecular flexibility index (Phi) is 6.96. The third-order valence-corrected chi connectivity index (χ3v) is 5.41. The Morgan fingerprint density at radius 3 is 2.88 bits per heavy atom. The van der Waals surface area contributed by atoms with Crippen LogP contribution in [0.25, 0.3) is 11.1 Å². The van der Waals surface area contributed by atoms with Gasteiger partial charge in [0.05, 0.1) is 5.69 Å². The number of oxazole rings is 1. The lowest BCUT2D eigenvalue weighted by atomic mass is 10.2. The van der Waals surface area contributed by atoms with E-state index < -0.39 is 0 Å². The molecule has 2 heterocycles. The summed E-state index contributed by atoms with van der Waals surface area (Å²) in [4.78, 5) is 20.7. The number of pyridine rings is 1. The van der Waals surface area contributed by atoms with Gasteiger partial charge in [0.25, 0.3) is 5.22 Å². The lowest BCUT2D eigenvalue weighted by Crippen LogP contribution is -2.12. The van der Waals surface area contributed by atoms with Crippen molar-refractivity contribution >= 4 is 46.2 Å². The molecule has 26 heavy (non-hydrogen) atoms. The number of carbonyl (C=O) groups excluding carboxylic acids is 1. The van der Waals surface area contributed by atoms with Crippen molar-refractivity contribution in [3.63, 3.8) is 0 Å². The highest BCUT2D eigenvalue weighted by Gasteiger charge is 2.08. The van der Waals surface area contributed by atoms with Crippen LogP contribution in [0.2, 0.25) is 0 Å². The molecule has 0 fully saturated rings. The van der Waals surface area contributed by atoms with Gasteiger partial charge in [-0.1, -0.05) is 30.3 Å². The van der Waals surface area contributed by atoms with E-state index in [1.54, 1.807) is 18.0 Å². The Balaban J connectivity index is 1.33. The van der Waals surface area contributed by atoms with Gasteiger partial charge in [-0.15, -0.1) is 11.8 Å². The van der Waals surface area contributed by atoms with E-state index in [9.17, 15) is 4.79 Å². The summed E-state index contributed by atoms with van der Waals surface area (Å²) in [5.41, 5.74) is 2.51. The predicted molar refractivity (Wildman–Crippen MR) is 108 cm³/mol. The average Bonchev–Trinajstić information content (AvgIpc) is 3.08. The Hall–Kier alpha value is -1.99. The minimum absolute atomic E-state index is 0.0416. The first-order chi connectivity index (χ1) is 12.8. The topological polar surface area (TPSA) is 68.0 Å². The van der Waals surface area contributed by atoms with Gasteiger partial charge in [-0.2, -0.15) is 0 Å². The van der Waals surface area contributed by atoms with Crippen LogP contribution in [0, 0.1) is 0 Å². The normalized spacial score (nSPS) is 11.0. The van der Waals surface area contributed by atoms with E-state index in [0.717, 1.165) is 46.8 Å². The number of nitrogens with one attached hydrogen (secondary N) is 1. The lowest BCUT2D eigenvalue weighted by molar-refractivity contribution is -0.116. The zero-order valence-corrected chi connectivity index (χ0v) is 16.2. The van der Waals surface area contributed by atoms with Gasteiger partial charge >= 0.3 is 0 Å². The lowest BCUT2D eigenvalue weighted by Gasteiger charge is -2.08. The summed E-state index contributed by atoms with van der Waals surface area (Å²) >= 11 is 3.15. The minimum Gasteiger partial charge on any atom is -0.431 e. The van der Waals surface area contributed by atoms with E-state index in [2.05, 4.69) is 15.3 Å². The Morgan fingerprint density at radius 1 is 1.15 bits per heavy atom. The van der Waals surface area contributed by atoms with Crippen molar-refractivity contribution in [2.45, 2.75) is 35.9 Å². The zero-order chi connectivity index (χ0) is 18.2. The first kappa shape index (κ1) is 18.8. The molecule has 1 aromatic carbocycles. The smallest absolute Gasteiger partial charge is 0.256 e. The summed E-state index contributed by atoms with van der Waals surface area (Å²) < 4.78 is 5.68. The number of hydrogen-bond acceptors (Lipinski definition) is 6. The van der Waals surface area contributed by atoms with Gasteiger partial charge in [0.15, 0.2) is 5.58 Å². The third kappa shape index (κ3) is 5.25. The van der Waals surface area contributed by atoms with Gasteiger partial charge in [-0.05, 0) is 43.4 Å². The number of hydrogen-bond donors (Lipinski definition) is 1. The maximum Gasteiger partial charge on any atom is 0.256 e. The van der Waals surface area contributed by atoms with Gasteiger partial charge in [-0.25, -0.2) is 9.97 Å². The number of carbonyl (C=O) groups is 1. The summed E-state index contributed by atoms with van der Waals surface area (Å²) in [5, 5.41) is 4.50. The number of para-hydroxylation sites is 2. The highest BCUT2D eigenvalue weighted by atomic mass is 32.2. The van der Waals surface area contributed by atoms with Crippen LogP contribution >= 0.6 is 23.5 Å². The zero-order valence-electron chi connectivity index (χ0n) is 14.6. The van der Waals surface area contributed by atoms with Crippen molar-refractivity contribution in [1.29, 1.82) is 0 Å². The van der Waals surface area contributed by atoms with Crippen LogP contribution in [0.1, 0.15) is 25.7 Å². The van der Waals surface area contributed by atoms with Gasteiger partial charge < -0.3 is 9.73 Å². The quantitative estimate of drug-likeness (QED) is 0.400. The second-order valence-electron chi connectivity index (χ2n) is 5.72. The number of benzene rings is 1. The molecule has 136 valence electrons. The van der Waals surface area contributed by atoms with Gasteiger partial charge in [0, 0.05) is 18.4 Å². The van der Waals surface area contributed by atoms with Crippen molar-refractivity contribution in [1.82, 2.24) is 9.97 Å². The molecular formula is C19H21N3O2S2. The fourth-order valence-corrected chi connectivity index (χ4v) is 3.84. The SMILES string of the molecule is CSc1ncccc1NC(=O)CCCCCSc1nc2ccccc2o1. The van der Waals surface area contributed by atoms with Crippen molar-refractivity contribution < 1.29 is 9.21 Å². The number of thioether (sulfide) groups is 2. The molecule has 0 aliphatic heterocycles. The maximum atomic E-state index is 12.1. The predicted octanol–water partition coefficient (Wildman–Crippen LogP) is 5.24. The average molecular weight is 388 g/mol. The molecule has 3 aromatic rings. The maximum absolute atomic E-state index is 12.1. The van der Waals surface area contributed by atoms with Gasteiger partial charge in [0.1, 0.15) is 10.5 Å². The van der Waals surface area contributed by atoms with Gasteiger partial charge in [0.2, 0.25) is 5.91 Å². The van der Waals surface area contributed by atoms with Crippen LogP contribution in [0.15, 0.2) is 57.3 Å². The molecule has 0 radical (unpaired) electrons. The largest absolute Gasteiger partial charge is 0.431 e. The molecule has 2 aromatic heterocycles. The van der Waals surface area contributed by atoms with E-state index >= 15 is 0 Å². The van der Waals surface area contributed by atoms with Crippen LogP contribution in [0.4, 0.5) is 5.69 Å². The van der Waals surface area contributed by atoms with Crippen molar-refractivity contribution in [3.8, 4) is 0 Å². The molecule has 0 bridgehead atoms. The number of fused-ring (bicyclic) bond motifs is 1. The molecule has 1 amide bonds. The Bertz CT molecular complexity index is 834. The molecule has 0 saturated carbocycles. The Morgan fingerprint density at radius 2 is 2.04 bits per heavy atom. The summed E-state index contributed by atoms with van der Waals surface area (Å²) in [5.74, 6) is 0.980. The molecule has 5 nitrogen and oxygen atoms in total. The number of aromatic nitrogens is 2. The molecule has 0 aliphatic carbocycles. The third-order valence-electron chi connectivity index (χ3n) is 3.79. The molecule has 0 unspecified atom stereocenters. The standard InChI is InChI=1S/C19H21N3O2S2/c1-25-18-15(9-7-12-20-18)21-17(23)11-3-2-6-13-26-19-22-14-8-4-5-10-16(14)24-19/h4-5,7-10,12H,2-3,6,11,13H2,1H3,(H,21,23). The van der Waals surface area contributed by atoms with Crippen LogP contribution in [-0.4, -0.2) is 27.9 Å². The molecule has 0 spiro atoms.